The Morgan fingerprint density at radius 2 is 1.86 bits per heavy atom. The zero-order chi connectivity index (χ0) is 16.3. The molecule has 0 aliphatic carbocycles. The first-order chi connectivity index (χ1) is 9.92. The number of carboxylic acids is 1. The fourth-order valence-electron chi connectivity index (χ4n) is 1.44. The Hall–Kier alpha value is -0.930. The lowest BCUT2D eigenvalue weighted by Gasteiger charge is -2.16. The van der Waals surface area contributed by atoms with Crippen molar-refractivity contribution in [3.63, 3.8) is 0 Å². The molecule has 7 nitrogen and oxygen atoms in total. The van der Waals surface area contributed by atoms with Crippen LogP contribution in [0.1, 0.15) is 25.7 Å². The van der Waals surface area contributed by atoms with E-state index in [9.17, 15) is 14.4 Å². The summed E-state index contributed by atoms with van der Waals surface area (Å²) < 4.78 is 0. The number of thiol groups is 2. The molecule has 0 rings (SSSR count). The van der Waals surface area contributed by atoms with Gasteiger partial charge in [-0.05, 0) is 25.0 Å². The van der Waals surface area contributed by atoms with Gasteiger partial charge in [0, 0.05) is 18.7 Å². The van der Waals surface area contributed by atoms with Gasteiger partial charge < -0.3 is 21.5 Å². The number of amides is 2. The van der Waals surface area contributed by atoms with Crippen LogP contribution in [-0.2, 0) is 14.4 Å². The van der Waals surface area contributed by atoms with Crippen molar-refractivity contribution >= 4 is 43.0 Å². The smallest absolute Gasteiger partial charge is 0.320 e. The average Bonchev–Trinajstić information content (AvgIpc) is 2.46. The maximum Gasteiger partial charge on any atom is 0.320 e. The number of carbonyl (C=O) groups excluding carboxylic acids is 2. The van der Waals surface area contributed by atoms with Crippen molar-refractivity contribution in [1.82, 2.24) is 10.6 Å². The molecule has 5 N–H and O–H groups in total. The van der Waals surface area contributed by atoms with Gasteiger partial charge in [-0.15, -0.1) is 0 Å². The zero-order valence-electron chi connectivity index (χ0n) is 11.7. The fraction of sp³-hybridized carbons (Fsp3) is 0.750. The van der Waals surface area contributed by atoms with Gasteiger partial charge in [-0.1, -0.05) is 0 Å². The van der Waals surface area contributed by atoms with Crippen molar-refractivity contribution in [2.45, 2.75) is 37.8 Å². The molecule has 0 aliphatic heterocycles. The molecule has 0 radical (unpaired) electrons. The number of unbranched alkanes of at least 4 members (excludes halogenated alkanes) is 1. The molecule has 0 spiro atoms. The minimum Gasteiger partial charge on any atom is -0.480 e. The van der Waals surface area contributed by atoms with E-state index in [1.165, 1.54) is 0 Å². The van der Waals surface area contributed by atoms with E-state index in [1.807, 2.05) is 0 Å². The topological polar surface area (TPSA) is 122 Å². The number of carbonyl (C=O) groups is 3. The van der Waals surface area contributed by atoms with E-state index < -0.39 is 24.0 Å². The van der Waals surface area contributed by atoms with Gasteiger partial charge in [-0.25, -0.2) is 0 Å². The third-order valence-electron chi connectivity index (χ3n) is 2.72. The van der Waals surface area contributed by atoms with Crippen LogP contribution in [-0.4, -0.2) is 53.0 Å². The van der Waals surface area contributed by atoms with E-state index in [-0.39, 0.29) is 24.5 Å². The van der Waals surface area contributed by atoms with Crippen LogP contribution in [0.5, 0.6) is 0 Å². The van der Waals surface area contributed by atoms with E-state index in [0.717, 1.165) is 18.6 Å². The molecule has 0 saturated carbocycles. The second-order valence-electron chi connectivity index (χ2n) is 4.51. The molecule has 0 heterocycles. The molecule has 9 heteroatoms. The Morgan fingerprint density at radius 1 is 1.19 bits per heavy atom. The standard InChI is InChI=1S/C12H23N3O4S2/c13-8(12(18)19)3-4-10(16)15-9(7-21)11(17)14-5-1-2-6-20/h8-9,20-21H,1-7,13H2,(H,14,17)(H,15,16)(H,18,19). The van der Waals surface area contributed by atoms with Crippen molar-refractivity contribution in [3.8, 4) is 0 Å². The predicted molar refractivity (Wildman–Crippen MR) is 86.7 cm³/mol. The first kappa shape index (κ1) is 20.1. The predicted octanol–water partition coefficient (Wildman–Crippen LogP) is -0.581. The summed E-state index contributed by atoms with van der Waals surface area (Å²) in [4.78, 5) is 34.0. The summed E-state index contributed by atoms with van der Waals surface area (Å²) in [5, 5.41) is 13.8. The monoisotopic (exact) mass is 337 g/mol. The fourth-order valence-corrected chi connectivity index (χ4v) is 1.92. The number of nitrogens with two attached hydrogens (primary N) is 1. The summed E-state index contributed by atoms with van der Waals surface area (Å²) >= 11 is 8.10. The molecule has 2 amide bonds. The van der Waals surface area contributed by atoms with Crippen LogP contribution in [0.25, 0.3) is 0 Å². The zero-order valence-corrected chi connectivity index (χ0v) is 13.5. The van der Waals surface area contributed by atoms with Gasteiger partial charge in [0.15, 0.2) is 0 Å². The van der Waals surface area contributed by atoms with Gasteiger partial charge in [-0.3, -0.25) is 14.4 Å². The molecular weight excluding hydrogens is 314 g/mol. The lowest BCUT2D eigenvalue weighted by Crippen LogP contribution is -2.48. The Morgan fingerprint density at radius 3 is 2.38 bits per heavy atom. The Kier molecular flexibility index (Phi) is 11.2. The van der Waals surface area contributed by atoms with Gasteiger partial charge in [0.2, 0.25) is 11.8 Å². The van der Waals surface area contributed by atoms with Crippen LogP contribution in [0.2, 0.25) is 0 Å². The molecule has 0 aromatic rings. The third-order valence-corrected chi connectivity index (χ3v) is 3.40. The highest BCUT2D eigenvalue weighted by Crippen LogP contribution is 1.97. The highest BCUT2D eigenvalue weighted by molar-refractivity contribution is 7.80. The first-order valence-corrected chi connectivity index (χ1v) is 7.96. The van der Waals surface area contributed by atoms with E-state index in [0.29, 0.717) is 6.54 Å². The molecule has 0 aromatic heterocycles. The van der Waals surface area contributed by atoms with Crippen LogP contribution in [0, 0.1) is 0 Å². The summed E-state index contributed by atoms with van der Waals surface area (Å²) in [6.07, 6.45) is 1.68. The number of nitrogens with one attached hydrogen (secondary N) is 2. The van der Waals surface area contributed by atoms with Gasteiger partial charge in [-0.2, -0.15) is 25.3 Å². The molecule has 0 fully saturated rings. The summed E-state index contributed by atoms with van der Waals surface area (Å²) in [5.74, 6) is -0.964. The van der Waals surface area contributed by atoms with Gasteiger partial charge >= 0.3 is 5.97 Å². The Bertz CT molecular complexity index is 355. The highest BCUT2D eigenvalue weighted by Gasteiger charge is 2.20. The number of rotatable bonds is 11. The van der Waals surface area contributed by atoms with Gasteiger partial charge in [0.05, 0.1) is 0 Å². The molecule has 0 saturated heterocycles. The number of hydrogen-bond donors (Lipinski definition) is 6. The van der Waals surface area contributed by atoms with E-state index in [1.54, 1.807) is 0 Å². The van der Waals surface area contributed by atoms with Gasteiger partial charge in [0.1, 0.15) is 12.1 Å². The largest absolute Gasteiger partial charge is 0.480 e. The summed E-state index contributed by atoms with van der Waals surface area (Å²) in [6.45, 7) is 0.517. The number of hydrogen-bond acceptors (Lipinski definition) is 6. The van der Waals surface area contributed by atoms with E-state index >= 15 is 0 Å². The Balaban J connectivity index is 4.08. The molecule has 0 aromatic carbocycles. The van der Waals surface area contributed by atoms with Crippen LogP contribution < -0.4 is 16.4 Å². The quantitative estimate of drug-likeness (QED) is 0.222. The van der Waals surface area contributed by atoms with Gasteiger partial charge in [0.25, 0.3) is 0 Å². The SMILES string of the molecule is NC(CCC(=O)NC(CS)C(=O)NCCCCS)C(=O)O. The minimum atomic E-state index is -1.16. The van der Waals surface area contributed by atoms with Crippen molar-refractivity contribution < 1.29 is 19.5 Å². The van der Waals surface area contributed by atoms with Crippen molar-refractivity contribution in [2.24, 2.45) is 5.73 Å². The van der Waals surface area contributed by atoms with Crippen molar-refractivity contribution in [1.29, 1.82) is 0 Å². The second kappa shape index (κ2) is 11.7. The molecule has 2 unspecified atom stereocenters. The maximum atomic E-state index is 11.8. The molecule has 2 atom stereocenters. The average molecular weight is 337 g/mol. The third kappa shape index (κ3) is 9.59. The molecule has 122 valence electrons. The van der Waals surface area contributed by atoms with Crippen molar-refractivity contribution in [2.75, 3.05) is 18.1 Å². The summed E-state index contributed by atoms with van der Waals surface area (Å²) in [5.41, 5.74) is 5.30. The summed E-state index contributed by atoms with van der Waals surface area (Å²) in [7, 11) is 0. The van der Waals surface area contributed by atoms with Crippen LogP contribution >= 0.6 is 25.3 Å². The lowest BCUT2D eigenvalue weighted by molar-refractivity contribution is -0.138. The van der Waals surface area contributed by atoms with E-state index in [2.05, 4.69) is 35.9 Å². The van der Waals surface area contributed by atoms with Crippen molar-refractivity contribution in [3.05, 3.63) is 0 Å². The molecule has 0 bridgehead atoms. The number of aliphatic carboxylic acids is 1. The minimum absolute atomic E-state index is 0.0179. The number of carboxylic acid groups (broad SMARTS) is 1. The van der Waals surface area contributed by atoms with E-state index in [4.69, 9.17) is 10.8 Å². The Labute approximate surface area is 135 Å². The van der Waals surface area contributed by atoms with Crippen LogP contribution in [0.3, 0.4) is 0 Å². The highest BCUT2D eigenvalue weighted by atomic mass is 32.1. The second-order valence-corrected chi connectivity index (χ2v) is 5.32. The van der Waals surface area contributed by atoms with Crippen LogP contribution in [0.15, 0.2) is 0 Å². The maximum absolute atomic E-state index is 11.8. The lowest BCUT2D eigenvalue weighted by atomic mass is 10.1. The molecular formula is C12H23N3O4S2. The normalized spacial score (nSPS) is 13.3. The summed E-state index contributed by atoms with van der Waals surface area (Å²) in [6, 6.07) is -1.82. The molecule has 21 heavy (non-hydrogen) atoms. The first-order valence-electron chi connectivity index (χ1n) is 6.69. The molecule has 0 aliphatic rings. The van der Waals surface area contributed by atoms with Crippen LogP contribution in [0.4, 0.5) is 0 Å².